The molecule has 90 valence electrons. The second kappa shape index (κ2) is 4.26. The Hall–Kier alpha value is -1.58. The van der Waals surface area contributed by atoms with Crippen LogP contribution in [0.3, 0.4) is 0 Å². The van der Waals surface area contributed by atoms with Crippen molar-refractivity contribution in [2.24, 2.45) is 0 Å². The molecule has 2 aromatic heterocycles. The van der Waals surface area contributed by atoms with E-state index in [0.29, 0.717) is 21.9 Å². The van der Waals surface area contributed by atoms with Crippen LogP contribution in [0.1, 0.15) is 21.7 Å². The van der Waals surface area contributed by atoms with Gasteiger partial charge in [-0.3, -0.25) is 4.79 Å². The van der Waals surface area contributed by atoms with Crippen LogP contribution in [0.25, 0.3) is 11.0 Å². The van der Waals surface area contributed by atoms with Gasteiger partial charge in [0.25, 0.3) is 0 Å². The van der Waals surface area contributed by atoms with Gasteiger partial charge in [0.05, 0.1) is 5.02 Å². The molecule has 0 aliphatic carbocycles. The smallest absolute Gasteiger partial charge is 0.229 e. The number of benzene rings is 1. The van der Waals surface area contributed by atoms with E-state index in [4.69, 9.17) is 16.0 Å². The Balaban J connectivity index is 2.13. The maximum atomic E-state index is 12.3. The molecule has 0 saturated carbocycles. The maximum absolute atomic E-state index is 12.3. The van der Waals surface area contributed by atoms with Crippen LogP contribution in [0, 0.1) is 6.92 Å². The molecule has 0 atom stereocenters. The lowest BCUT2D eigenvalue weighted by Gasteiger charge is -1.95. The van der Waals surface area contributed by atoms with Crippen LogP contribution in [0.4, 0.5) is 0 Å². The number of rotatable bonds is 2. The minimum Gasteiger partial charge on any atom is -0.451 e. The van der Waals surface area contributed by atoms with Crippen LogP contribution >= 0.6 is 22.9 Å². The summed E-state index contributed by atoms with van der Waals surface area (Å²) in [6.07, 6.45) is 0. The standard InChI is InChI=1S/C14H9ClO2S/c1-8-6-18-7-10(8)13(16)12-5-9-3-2-4-11(15)14(9)17-12/h2-7H,1H3. The Morgan fingerprint density at radius 1 is 1.33 bits per heavy atom. The van der Waals surface area contributed by atoms with Crippen molar-refractivity contribution in [2.45, 2.75) is 6.92 Å². The molecule has 4 heteroatoms. The highest BCUT2D eigenvalue weighted by atomic mass is 35.5. The molecule has 2 nitrogen and oxygen atoms in total. The van der Waals surface area contributed by atoms with Crippen LogP contribution < -0.4 is 0 Å². The molecule has 0 bridgehead atoms. The van der Waals surface area contributed by atoms with E-state index >= 15 is 0 Å². The summed E-state index contributed by atoms with van der Waals surface area (Å²) in [5.41, 5.74) is 2.22. The van der Waals surface area contributed by atoms with Gasteiger partial charge >= 0.3 is 0 Å². The van der Waals surface area contributed by atoms with Crippen molar-refractivity contribution in [3.05, 3.63) is 56.9 Å². The van der Waals surface area contributed by atoms with Gasteiger partial charge in [0.15, 0.2) is 11.3 Å². The van der Waals surface area contributed by atoms with Crippen LogP contribution in [0.5, 0.6) is 0 Å². The van der Waals surface area contributed by atoms with Gasteiger partial charge < -0.3 is 4.42 Å². The number of carbonyl (C=O) groups excluding carboxylic acids is 1. The summed E-state index contributed by atoms with van der Waals surface area (Å²) in [5.74, 6) is 0.237. The molecule has 0 spiro atoms. The molecule has 0 radical (unpaired) electrons. The van der Waals surface area contributed by atoms with Crippen LogP contribution in [0.2, 0.25) is 5.02 Å². The SMILES string of the molecule is Cc1cscc1C(=O)c1cc2cccc(Cl)c2o1. The molecule has 0 fully saturated rings. The van der Waals surface area contributed by atoms with Crippen LogP contribution in [0.15, 0.2) is 39.4 Å². The van der Waals surface area contributed by atoms with E-state index in [0.717, 1.165) is 10.9 Å². The molecule has 3 aromatic rings. The highest BCUT2D eigenvalue weighted by molar-refractivity contribution is 7.08. The zero-order valence-corrected chi connectivity index (χ0v) is 11.1. The predicted molar refractivity (Wildman–Crippen MR) is 73.7 cm³/mol. The van der Waals surface area contributed by atoms with Gasteiger partial charge in [-0.15, -0.1) is 0 Å². The lowest BCUT2D eigenvalue weighted by atomic mass is 10.1. The topological polar surface area (TPSA) is 30.2 Å². The zero-order valence-electron chi connectivity index (χ0n) is 9.57. The minimum absolute atomic E-state index is 0.0963. The summed E-state index contributed by atoms with van der Waals surface area (Å²) in [6, 6.07) is 7.20. The molecule has 1 aromatic carbocycles. The van der Waals surface area contributed by atoms with E-state index in [1.54, 1.807) is 12.1 Å². The number of fused-ring (bicyclic) bond motifs is 1. The number of thiophene rings is 1. The largest absolute Gasteiger partial charge is 0.451 e. The van der Waals surface area contributed by atoms with Crippen molar-refractivity contribution in [3.8, 4) is 0 Å². The van der Waals surface area contributed by atoms with Gasteiger partial charge in [0, 0.05) is 16.3 Å². The monoisotopic (exact) mass is 276 g/mol. The van der Waals surface area contributed by atoms with Gasteiger partial charge in [0.1, 0.15) is 0 Å². The van der Waals surface area contributed by atoms with Crippen molar-refractivity contribution >= 4 is 39.7 Å². The summed E-state index contributed by atoms with van der Waals surface area (Å²) in [6.45, 7) is 1.92. The van der Waals surface area contributed by atoms with Crippen molar-refractivity contribution in [2.75, 3.05) is 0 Å². The van der Waals surface area contributed by atoms with E-state index in [9.17, 15) is 4.79 Å². The second-order valence-electron chi connectivity index (χ2n) is 4.07. The predicted octanol–water partition coefficient (Wildman–Crippen LogP) is 4.69. The fraction of sp³-hybridized carbons (Fsp3) is 0.0714. The van der Waals surface area contributed by atoms with Crippen LogP contribution in [-0.4, -0.2) is 5.78 Å². The summed E-state index contributed by atoms with van der Waals surface area (Å²) >= 11 is 7.54. The van der Waals surface area contributed by atoms with Gasteiger partial charge in [-0.05, 0) is 30.0 Å². The fourth-order valence-corrected chi connectivity index (χ4v) is 2.91. The number of carbonyl (C=O) groups is 1. The molecule has 0 N–H and O–H groups in total. The Labute approximate surface area is 113 Å². The Morgan fingerprint density at radius 2 is 2.17 bits per heavy atom. The third-order valence-corrected chi connectivity index (χ3v) is 3.98. The third kappa shape index (κ3) is 1.76. The molecule has 18 heavy (non-hydrogen) atoms. The quantitative estimate of drug-likeness (QED) is 0.636. The Morgan fingerprint density at radius 3 is 2.83 bits per heavy atom. The molecular formula is C14H9ClO2S. The molecular weight excluding hydrogens is 268 g/mol. The van der Waals surface area contributed by atoms with Crippen molar-refractivity contribution in [3.63, 3.8) is 0 Å². The minimum atomic E-state index is -0.0963. The normalized spacial score (nSPS) is 11.0. The van der Waals surface area contributed by atoms with Gasteiger partial charge in [-0.2, -0.15) is 11.3 Å². The van der Waals surface area contributed by atoms with Gasteiger partial charge in [-0.25, -0.2) is 0 Å². The van der Waals surface area contributed by atoms with Crippen molar-refractivity contribution in [1.82, 2.24) is 0 Å². The van der Waals surface area contributed by atoms with Gasteiger partial charge in [0.2, 0.25) is 5.78 Å². The Bertz CT molecular complexity index is 739. The molecule has 0 amide bonds. The average molecular weight is 277 g/mol. The number of hydrogen-bond donors (Lipinski definition) is 0. The fourth-order valence-electron chi connectivity index (χ4n) is 1.87. The number of furan rings is 1. The first-order valence-corrected chi connectivity index (χ1v) is 6.74. The van der Waals surface area contributed by atoms with E-state index in [2.05, 4.69) is 0 Å². The summed E-state index contributed by atoms with van der Waals surface area (Å²) in [7, 11) is 0. The van der Waals surface area contributed by atoms with Gasteiger partial charge in [-0.1, -0.05) is 23.7 Å². The highest BCUT2D eigenvalue weighted by Crippen LogP contribution is 2.28. The second-order valence-corrected chi connectivity index (χ2v) is 5.22. The highest BCUT2D eigenvalue weighted by Gasteiger charge is 2.17. The zero-order chi connectivity index (χ0) is 12.7. The van der Waals surface area contributed by atoms with E-state index in [-0.39, 0.29) is 5.78 Å². The molecule has 3 rings (SSSR count). The molecule has 0 saturated heterocycles. The third-order valence-electron chi connectivity index (χ3n) is 2.82. The maximum Gasteiger partial charge on any atom is 0.229 e. The van der Waals surface area contributed by atoms with Crippen LogP contribution in [-0.2, 0) is 0 Å². The first kappa shape index (κ1) is 11.5. The molecule has 0 unspecified atom stereocenters. The number of aryl methyl sites for hydroxylation is 1. The molecule has 0 aliphatic rings. The molecule has 2 heterocycles. The Kier molecular flexibility index (Phi) is 2.73. The summed E-state index contributed by atoms with van der Waals surface area (Å²) in [5, 5.41) is 5.15. The number of ketones is 1. The lowest BCUT2D eigenvalue weighted by Crippen LogP contribution is -1.99. The molecule has 0 aliphatic heterocycles. The van der Waals surface area contributed by atoms with E-state index in [1.165, 1.54) is 11.3 Å². The number of para-hydroxylation sites is 1. The average Bonchev–Trinajstić information content (AvgIpc) is 2.95. The van der Waals surface area contributed by atoms with Crippen molar-refractivity contribution in [1.29, 1.82) is 0 Å². The van der Waals surface area contributed by atoms with E-state index in [1.807, 2.05) is 29.8 Å². The van der Waals surface area contributed by atoms with Crippen molar-refractivity contribution < 1.29 is 9.21 Å². The first-order chi connectivity index (χ1) is 8.66. The number of halogens is 1. The summed E-state index contributed by atoms with van der Waals surface area (Å²) in [4.78, 5) is 12.3. The lowest BCUT2D eigenvalue weighted by molar-refractivity contribution is 0.101. The number of hydrogen-bond acceptors (Lipinski definition) is 3. The van der Waals surface area contributed by atoms with E-state index < -0.39 is 0 Å². The first-order valence-electron chi connectivity index (χ1n) is 5.42. The summed E-state index contributed by atoms with van der Waals surface area (Å²) < 4.78 is 5.56.